The van der Waals surface area contributed by atoms with Crippen LogP contribution in [-0.2, 0) is 12.8 Å². The fourth-order valence-electron chi connectivity index (χ4n) is 1.97. The second kappa shape index (κ2) is 5.32. The van der Waals surface area contributed by atoms with Crippen molar-refractivity contribution in [1.82, 2.24) is 14.8 Å². The number of hydrogen-bond acceptors (Lipinski definition) is 2. The quantitative estimate of drug-likeness (QED) is 0.831. The van der Waals surface area contributed by atoms with E-state index in [4.69, 9.17) is 11.6 Å². The maximum absolute atomic E-state index is 6.12. The lowest BCUT2D eigenvalue weighted by Gasteiger charge is -2.11. The predicted molar refractivity (Wildman–Crippen MR) is 69.7 cm³/mol. The molecule has 0 aliphatic heterocycles. The summed E-state index contributed by atoms with van der Waals surface area (Å²) in [7, 11) is 0. The average Bonchev–Trinajstić information content (AvgIpc) is 2.72. The number of benzene rings is 1. The first-order chi connectivity index (χ1) is 8.27. The zero-order valence-corrected chi connectivity index (χ0v) is 10.9. The van der Waals surface area contributed by atoms with Gasteiger partial charge in [0.1, 0.15) is 5.82 Å². The van der Waals surface area contributed by atoms with E-state index in [1.54, 1.807) is 0 Å². The highest BCUT2D eigenvalue weighted by molar-refractivity contribution is 6.28. The molecule has 0 aliphatic carbocycles. The number of aromatic nitrogens is 3. The smallest absolute Gasteiger partial charge is 0.229 e. The molecule has 0 unspecified atom stereocenters. The van der Waals surface area contributed by atoms with E-state index in [9.17, 15) is 0 Å². The largest absolute Gasteiger partial charge is 0.269 e. The fraction of sp³-hybridized carbons (Fsp3) is 0.385. The summed E-state index contributed by atoms with van der Waals surface area (Å²) < 4.78 is 1.94. The molecule has 90 valence electrons. The van der Waals surface area contributed by atoms with Crippen molar-refractivity contribution in [1.29, 1.82) is 0 Å². The van der Waals surface area contributed by atoms with E-state index in [2.05, 4.69) is 42.2 Å². The van der Waals surface area contributed by atoms with Gasteiger partial charge in [-0.25, -0.2) is 0 Å². The molecule has 17 heavy (non-hydrogen) atoms. The maximum Gasteiger partial charge on any atom is 0.229 e. The predicted octanol–water partition coefficient (Wildman–Crippen LogP) is 3.44. The van der Waals surface area contributed by atoms with E-state index < -0.39 is 0 Å². The Morgan fingerprint density at radius 2 is 1.94 bits per heavy atom. The van der Waals surface area contributed by atoms with Crippen LogP contribution in [0.15, 0.2) is 24.3 Å². The first kappa shape index (κ1) is 12.1. The summed E-state index contributed by atoms with van der Waals surface area (Å²) in [6.07, 6.45) is 2.96. The number of nitrogens with zero attached hydrogens (tertiary/aromatic N) is 3. The van der Waals surface area contributed by atoms with Gasteiger partial charge in [0.15, 0.2) is 0 Å². The summed E-state index contributed by atoms with van der Waals surface area (Å²) in [5.41, 5.74) is 2.38. The second-order valence-electron chi connectivity index (χ2n) is 3.95. The molecule has 1 aromatic heterocycles. The van der Waals surface area contributed by atoms with Gasteiger partial charge < -0.3 is 0 Å². The number of rotatable bonds is 4. The molecule has 0 fully saturated rings. The summed E-state index contributed by atoms with van der Waals surface area (Å²) in [4.78, 5) is 0. The third kappa shape index (κ3) is 2.34. The SMILES string of the molecule is CCCc1ccccc1-n1c(Cl)nnc1CC. The van der Waals surface area contributed by atoms with Gasteiger partial charge in [-0.1, -0.05) is 38.5 Å². The van der Waals surface area contributed by atoms with E-state index in [0.717, 1.165) is 30.8 Å². The first-order valence-electron chi connectivity index (χ1n) is 5.96. The van der Waals surface area contributed by atoms with E-state index in [-0.39, 0.29) is 0 Å². The lowest BCUT2D eigenvalue weighted by molar-refractivity contribution is 0.854. The van der Waals surface area contributed by atoms with Crippen LogP contribution in [0.1, 0.15) is 31.7 Å². The molecule has 4 heteroatoms. The molecule has 0 aliphatic rings. The van der Waals surface area contributed by atoms with Gasteiger partial charge >= 0.3 is 0 Å². The van der Waals surface area contributed by atoms with Crippen molar-refractivity contribution in [2.45, 2.75) is 33.1 Å². The van der Waals surface area contributed by atoms with Crippen LogP contribution in [0.25, 0.3) is 5.69 Å². The Balaban J connectivity index is 2.55. The first-order valence-corrected chi connectivity index (χ1v) is 6.33. The highest BCUT2D eigenvalue weighted by atomic mass is 35.5. The number of halogens is 1. The Bertz CT molecular complexity index is 505. The molecule has 3 nitrogen and oxygen atoms in total. The molecule has 0 saturated carbocycles. The van der Waals surface area contributed by atoms with Crippen LogP contribution in [0.3, 0.4) is 0 Å². The summed E-state index contributed by atoms with van der Waals surface area (Å²) in [6.45, 7) is 4.23. The van der Waals surface area contributed by atoms with Crippen LogP contribution in [0, 0.1) is 0 Å². The van der Waals surface area contributed by atoms with Crippen molar-refractivity contribution in [3.8, 4) is 5.69 Å². The molecular weight excluding hydrogens is 234 g/mol. The van der Waals surface area contributed by atoms with Gasteiger partial charge in [-0.15, -0.1) is 10.2 Å². The van der Waals surface area contributed by atoms with Crippen LogP contribution in [0.4, 0.5) is 0 Å². The molecule has 2 aromatic rings. The average molecular weight is 250 g/mol. The minimum absolute atomic E-state index is 0.436. The van der Waals surface area contributed by atoms with Gasteiger partial charge in [0, 0.05) is 6.42 Å². The van der Waals surface area contributed by atoms with Crippen LogP contribution in [-0.4, -0.2) is 14.8 Å². The molecule has 0 N–H and O–H groups in total. The Morgan fingerprint density at radius 3 is 2.65 bits per heavy atom. The van der Waals surface area contributed by atoms with Crippen LogP contribution in [0.5, 0.6) is 0 Å². The minimum atomic E-state index is 0.436. The molecule has 0 bridgehead atoms. The second-order valence-corrected chi connectivity index (χ2v) is 4.29. The van der Waals surface area contributed by atoms with E-state index in [0.29, 0.717) is 5.28 Å². The van der Waals surface area contributed by atoms with E-state index in [1.165, 1.54) is 5.56 Å². The van der Waals surface area contributed by atoms with Crippen molar-refractivity contribution in [2.75, 3.05) is 0 Å². The van der Waals surface area contributed by atoms with Crippen molar-refractivity contribution >= 4 is 11.6 Å². The fourth-order valence-corrected chi connectivity index (χ4v) is 2.20. The minimum Gasteiger partial charge on any atom is -0.269 e. The molecule has 0 amide bonds. The Labute approximate surface area is 106 Å². The monoisotopic (exact) mass is 249 g/mol. The molecule has 2 rings (SSSR count). The third-order valence-electron chi connectivity index (χ3n) is 2.76. The summed E-state index contributed by atoms with van der Waals surface area (Å²) in [6, 6.07) is 8.27. The number of aryl methyl sites for hydroxylation is 2. The molecule has 0 saturated heterocycles. The molecule has 0 atom stereocenters. The van der Waals surface area contributed by atoms with Gasteiger partial charge in [-0.2, -0.15) is 0 Å². The van der Waals surface area contributed by atoms with Crippen molar-refractivity contribution in [3.05, 3.63) is 40.9 Å². The van der Waals surface area contributed by atoms with E-state index in [1.807, 2.05) is 10.6 Å². The van der Waals surface area contributed by atoms with Gasteiger partial charge in [-0.3, -0.25) is 4.57 Å². The lowest BCUT2D eigenvalue weighted by atomic mass is 10.1. The highest BCUT2D eigenvalue weighted by Crippen LogP contribution is 2.22. The molecular formula is C13H16ClN3. The van der Waals surface area contributed by atoms with E-state index >= 15 is 0 Å². The maximum atomic E-state index is 6.12. The third-order valence-corrected chi connectivity index (χ3v) is 3.00. The molecule has 0 spiro atoms. The Kier molecular flexibility index (Phi) is 3.79. The number of hydrogen-bond donors (Lipinski definition) is 0. The van der Waals surface area contributed by atoms with Crippen molar-refractivity contribution in [3.63, 3.8) is 0 Å². The van der Waals surface area contributed by atoms with Crippen molar-refractivity contribution < 1.29 is 0 Å². The van der Waals surface area contributed by atoms with Gasteiger partial charge in [-0.05, 0) is 29.7 Å². The molecule has 0 radical (unpaired) electrons. The molecule has 1 aromatic carbocycles. The summed E-state index contributed by atoms with van der Waals surface area (Å²) >= 11 is 6.12. The summed E-state index contributed by atoms with van der Waals surface area (Å²) in [5, 5.41) is 8.47. The Hall–Kier alpha value is -1.35. The zero-order chi connectivity index (χ0) is 12.3. The van der Waals surface area contributed by atoms with Crippen LogP contribution >= 0.6 is 11.6 Å². The Morgan fingerprint density at radius 1 is 1.18 bits per heavy atom. The van der Waals surface area contributed by atoms with Gasteiger partial charge in [0.2, 0.25) is 5.28 Å². The number of para-hydroxylation sites is 1. The topological polar surface area (TPSA) is 30.7 Å². The highest BCUT2D eigenvalue weighted by Gasteiger charge is 2.12. The zero-order valence-electron chi connectivity index (χ0n) is 10.2. The van der Waals surface area contributed by atoms with Crippen molar-refractivity contribution in [2.24, 2.45) is 0 Å². The standard InChI is InChI=1S/C13H16ClN3/c1-3-7-10-8-5-6-9-11(10)17-12(4-2)15-16-13(17)14/h5-6,8-9H,3-4,7H2,1-2H3. The van der Waals surface area contributed by atoms with Crippen LogP contribution < -0.4 is 0 Å². The van der Waals surface area contributed by atoms with Crippen LogP contribution in [0.2, 0.25) is 5.28 Å². The normalized spacial score (nSPS) is 10.8. The lowest BCUT2D eigenvalue weighted by Crippen LogP contribution is -2.04. The van der Waals surface area contributed by atoms with Gasteiger partial charge in [0.05, 0.1) is 5.69 Å². The molecule has 1 heterocycles. The summed E-state index contributed by atoms with van der Waals surface area (Å²) in [5.74, 6) is 0.901. The van der Waals surface area contributed by atoms with Gasteiger partial charge in [0.25, 0.3) is 0 Å².